The number of ether oxygens (including phenoxy) is 2. The van der Waals surface area contributed by atoms with Crippen molar-refractivity contribution in [2.24, 2.45) is 5.92 Å². The van der Waals surface area contributed by atoms with Crippen molar-refractivity contribution in [1.82, 2.24) is 20.2 Å². The van der Waals surface area contributed by atoms with Crippen LogP contribution in [-0.4, -0.2) is 69.1 Å². The molecule has 1 aromatic carbocycles. The quantitative estimate of drug-likeness (QED) is 0.413. The number of fused-ring (bicyclic) bond motifs is 3. The van der Waals surface area contributed by atoms with Crippen LogP contribution in [0.5, 0.6) is 11.5 Å². The Morgan fingerprint density at radius 2 is 2.02 bits per heavy atom. The van der Waals surface area contributed by atoms with Crippen LogP contribution in [0.15, 0.2) is 47.3 Å². The van der Waals surface area contributed by atoms with Crippen LogP contribution in [-0.2, 0) is 14.4 Å². The second-order valence-electron chi connectivity index (χ2n) is 11.3. The Balaban J connectivity index is 1.29. The maximum atomic E-state index is 13.6. The average molecular weight is 591 g/mol. The van der Waals surface area contributed by atoms with Crippen LogP contribution >= 0.6 is 11.3 Å². The number of thiazole rings is 1. The second kappa shape index (κ2) is 11.7. The molecule has 3 aliphatic rings. The zero-order valence-corrected chi connectivity index (χ0v) is 24.3. The smallest absolute Gasteiger partial charge is 0.330 e. The molecule has 6 rings (SSSR count). The zero-order chi connectivity index (χ0) is 29.3. The van der Waals surface area contributed by atoms with Crippen LogP contribution in [0, 0.1) is 5.92 Å². The van der Waals surface area contributed by atoms with Crippen LogP contribution < -0.4 is 14.8 Å². The van der Waals surface area contributed by atoms with E-state index in [4.69, 9.17) is 14.5 Å². The van der Waals surface area contributed by atoms with Gasteiger partial charge in [-0.05, 0) is 37.8 Å². The van der Waals surface area contributed by atoms with Gasteiger partial charge in [0, 0.05) is 41.7 Å². The Morgan fingerprint density at radius 1 is 1.17 bits per heavy atom. The van der Waals surface area contributed by atoms with Crippen molar-refractivity contribution in [2.75, 3.05) is 13.7 Å². The van der Waals surface area contributed by atoms with E-state index in [9.17, 15) is 19.5 Å². The van der Waals surface area contributed by atoms with Gasteiger partial charge in [0.15, 0.2) is 0 Å². The van der Waals surface area contributed by atoms with E-state index in [0.717, 1.165) is 43.2 Å². The van der Waals surface area contributed by atoms with E-state index in [1.165, 1.54) is 11.3 Å². The lowest BCUT2D eigenvalue weighted by atomic mass is 10.1. The fourth-order valence-corrected chi connectivity index (χ4v) is 6.57. The Bertz CT molecular complexity index is 1530. The van der Waals surface area contributed by atoms with Crippen molar-refractivity contribution >= 4 is 40.0 Å². The Morgan fingerprint density at radius 3 is 2.81 bits per heavy atom. The van der Waals surface area contributed by atoms with Gasteiger partial charge in [-0.15, -0.1) is 11.3 Å². The van der Waals surface area contributed by atoms with Gasteiger partial charge in [-0.25, -0.2) is 14.8 Å². The molecule has 4 atom stereocenters. The lowest BCUT2D eigenvalue weighted by molar-refractivity contribution is -0.145. The molecule has 4 heterocycles. The third kappa shape index (κ3) is 5.57. The first-order valence-electron chi connectivity index (χ1n) is 14.4. The molecule has 2 amide bonds. The molecule has 11 heteroatoms. The van der Waals surface area contributed by atoms with Gasteiger partial charge < -0.3 is 24.8 Å². The molecule has 10 nitrogen and oxygen atoms in total. The number of carbonyl (C=O) groups is 3. The summed E-state index contributed by atoms with van der Waals surface area (Å²) < 4.78 is 11.9. The number of hydrogen-bond acceptors (Lipinski definition) is 8. The maximum Gasteiger partial charge on any atom is 0.330 e. The zero-order valence-electron chi connectivity index (χ0n) is 23.5. The van der Waals surface area contributed by atoms with E-state index in [1.54, 1.807) is 17.5 Å². The number of pyridine rings is 1. The Hall–Kier alpha value is -3.99. The van der Waals surface area contributed by atoms with Crippen LogP contribution in [0.2, 0.25) is 0 Å². The fraction of sp³-hybridized carbons (Fsp3) is 0.452. The van der Waals surface area contributed by atoms with Crippen molar-refractivity contribution in [3.05, 3.63) is 47.3 Å². The van der Waals surface area contributed by atoms with Crippen LogP contribution in [0.3, 0.4) is 0 Å². The topological polar surface area (TPSA) is 131 Å². The highest BCUT2D eigenvalue weighted by molar-refractivity contribution is 7.07. The maximum absolute atomic E-state index is 13.6. The van der Waals surface area contributed by atoms with Crippen molar-refractivity contribution in [3.8, 4) is 22.9 Å². The molecule has 2 aliphatic heterocycles. The summed E-state index contributed by atoms with van der Waals surface area (Å²) in [6.07, 6.45) is 8.92. The number of hydrogen-bond donors (Lipinski definition) is 2. The lowest BCUT2D eigenvalue weighted by Gasteiger charge is -2.25. The number of benzene rings is 1. The number of nitrogens with zero attached hydrogens (tertiary/aromatic N) is 3. The normalized spacial score (nSPS) is 27.3. The molecule has 220 valence electrons. The third-order valence-electron chi connectivity index (χ3n) is 8.48. The largest absolute Gasteiger partial charge is 0.497 e. The molecule has 2 fully saturated rings. The molecule has 0 spiro atoms. The van der Waals surface area contributed by atoms with Crippen molar-refractivity contribution in [2.45, 2.75) is 69.1 Å². The molecule has 0 bridgehead atoms. The molecule has 3 aromatic rings. The standard InChI is InChI=1S/C31H34N4O6S/c1-40-20-10-11-22-23(12-20)33-24(25-17-42-18-32-25)14-27(22)41-21-13-26-29(37)34-31(30(38)39)15-19(31)8-6-4-2-3-5-7-9-28(36)35(26)16-21/h6,8,10-12,14,17-19,21,26H,2-5,7,9,13,15-16H2,1H3,(H,34,37)(H,38,39)/b8-6-/t19-,21+,26-,31+/m0/s1. The number of nitrogens with one attached hydrogen (secondary N) is 1. The summed E-state index contributed by atoms with van der Waals surface area (Å²) in [5, 5.41) is 15.5. The van der Waals surface area contributed by atoms with Gasteiger partial charge in [-0.2, -0.15) is 0 Å². The molecule has 2 N–H and O–H groups in total. The highest BCUT2D eigenvalue weighted by Gasteiger charge is 2.61. The van der Waals surface area contributed by atoms with E-state index >= 15 is 0 Å². The highest BCUT2D eigenvalue weighted by atomic mass is 32.1. The van der Waals surface area contributed by atoms with Crippen LogP contribution in [0.25, 0.3) is 22.3 Å². The van der Waals surface area contributed by atoms with Crippen molar-refractivity contribution < 1.29 is 29.0 Å². The number of allylic oxidation sites excluding steroid dienone is 1. The number of methoxy groups -OCH3 is 1. The van der Waals surface area contributed by atoms with Gasteiger partial charge in [0.1, 0.15) is 29.2 Å². The SMILES string of the molecule is COc1ccc2c(O[C@@H]3C[C@H]4C(=O)N[C@]5(C(=O)O)C[C@@H]5/C=C\CCCCCCC(=O)N4C3)cc(-c3cscn3)nc2c1. The van der Waals surface area contributed by atoms with E-state index in [-0.39, 0.29) is 24.8 Å². The molecule has 1 saturated heterocycles. The second-order valence-corrected chi connectivity index (χ2v) is 12.0. The van der Waals surface area contributed by atoms with Gasteiger partial charge >= 0.3 is 5.97 Å². The molecular formula is C31H34N4O6S. The summed E-state index contributed by atoms with van der Waals surface area (Å²) in [5.74, 6) is -0.641. The number of aromatic nitrogens is 2. The minimum atomic E-state index is -1.33. The Labute approximate surface area is 247 Å². The summed E-state index contributed by atoms with van der Waals surface area (Å²) in [4.78, 5) is 50.0. The summed E-state index contributed by atoms with van der Waals surface area (Å²) in [6, 6.07) is 6.56. The number of carboxylic acids is 1. The van der Waals surface area contributed by atoms with Gasteiger partial charge in [0.2, 0.25) is 11.8 Å². The van der Waals surface area contributed by atoms with Crippen molar-refractivity contribution in [1.29, 1.82) is 0 Å². The third-order valence-corrected chi connectivity index (χ3v) is 9.06. The predicted molar refractivity (Wildman–Crippen MR) is 157 cm³/mol. The monoisotopic (exact) mass is 590 g/mol. The first kappa shape index (κ1) is 28.1. The van der Waals surface area contributed by atoms with Crippen molar-refractivity contribution in [3.63, 3.8) is 0 Å². The van der Waals surface area contributed by atoms with E-state index < -0.39 is 29.6 Å². The van der Waals surface area contributed by atoms with Gasteiger partial charge in [0.05, 0.1) is 36.1 Å². The lowest BCUT2D eigenvalue weighted by Crippen LogP contribution is -2.53. The predicted octanol–water partition coefficient (Wildman–Crippen LogP) is 4.59. The average Bonchev–Trinajstić information content (AvgIpc) is 3.31. The fourth-order valence-electron chi connectivity index (χ4n) is 6.02. The number of rotatable bonds is 5. The number of aliphatic carboxylic acids is 1. The van der Waals surface area contributed by atoms with Crippen LogP contribution in [0.4, 0.5) is 0 Å². The number of carboxylic acid groups (broad SMARTS) is 1. The molecule has 1 saturated carbocycles. The molecule has 42 heavy (non-hydrogen) atoms. The van der Waals surface area contributed by atoms with Crippen LogP contribution in [0.1, 0.15) is 51.4 Å². The highest BCUT2D eigenvalue weighted by Crippen LogP contribution is 2.45. The molecule has 0 unspecified atom stereocenters. The first-order valence-corrected chi connectivity index (χ1v) is 15.4. The number of carbonyl (C=O) groups excluding carboxylic acids is 2. The first-order chi connectivity index (χ1) is 20.4. The molecular weight excluding hydrogens is 556 g/mol. The summed E-state index contributed by atoms with van der Waals surface area (Å²) in [7, 11) is 1.60. The minimum absolute atomic E-state index is 0.113. The Kier molecular flexibility index (Phi) is 7.85. The van der Waals surface area contributed by atoms with Gasteiger partial charge in [-0.1, -0.05) is 25.0 Å². The van der Waals surface area contributed by atoms with E-state index in [0.29, 0.717) is 35.6 Å². The molecule has 1 aliphatic carbocycles. The van der Waals surface area contributed by atoms with E-state index in [1.807, 2.05) is 41.8 Å². The van der Waals surface area contributed by atoms with Gasteiger partial charge in [-0.3, -0.25) is 9.59 Å². The van der Waals surface area contributed by atoms with E-state index in [2.05, 4.69) is 10.3 Å². The molecule has 2 aromatic heterocycles. The molecule has 0 radical (unpaired) electrons. The summed E-state index contributed by atoms with van der Waals surface area (Å²) >= 11 is 1.47. The minimum Gasteiger partial charge on any atom is -0.497 e. The summed E-state index contributed by atoms with van der Waals surface area (Å²) in [6.45, 7) is 0.229. The summed E-state index contributed by atoms with van der Waals surface area (Å²) in [5.41, 5.74) is 2.45. The number of amides is 2. The van der Waals surface area contributed by atoms with Gasteiger partial charge in [0.25, 0.3) is 0 Å².